The number of nitrogens with one attached hydrogen (secondary N) is 1. The first-order valence-electron chi connectivity index (χ1n) is 7.43. The summed E-state index contributed by atoms with van der Waals surface area (Å²) in [6.07, 6.45) is 3.41. The van der Waals surface area contributed by atoms with Gasteiger partial charge in [0.2, 0.25) is 0 Å². The molecule has 0 aliphatic carbocycles. The fraction of sp³-hybridized carbons (Fsp3) is 0.600. The van der Waals surface area contributed by atoms with Gasteiger partial charge in [0.1, 0.15) is 18.0 Å². The molecule has 0 saturated carbocycles. The lowest BCUT2D eigenvalue weighted by molar-refractivity contribution is -0.120. The van der Waals surface area contributed by atoms with Gasteiger partial charge < -0.3 is 30.3 Å². The van der Waals surface area contributed by atoms with Crippen molar-refractivity contribution in [2.45, 2.75) is 31.0 Å². The lowest BCUT2D eigenvalue weighted by atomic mass is 10.1. The van der Waals surface area contributed by atoms with Gasteiger partial charge in [0, 0.05) is 6.20 Å². The Bertz CT molecular complexity index is 570. The second-order valence-corrected chi connectivity index (χ2v) is 10.9. The van der Waals surface area contributed by atoms with Crippen molar-refractivity contribution in [3.8, 4) is 0 Å². The number of carbonyl (C=O) groups is 1. The topological polar surface area (TPSA) is 102 Å². The normalized spacial score (nSPS) is 32.0. The Morgan fingerprint density at radius 3 is 2.61 bits per heavy atom. The molecule has 0 radical (unpaired) electrons. The molecule has 7 nitrogen and oxygen atoms in total. The second-order valence-electron chi connectivity index (χ2n) is 6.61. The molecule has 130 valence electrons. The highest BCUT2D eigenvalue weighted by molar-refractivity contribution is 7.72. The zero-order chi connectivity index (χ0) is 17.4. The fourth-order valence-corrected chi connectivity index (χ4v) is 3.55. The fourth-order valence-electron chi connectivity index (χ4n) is 2.59. The maximum absolute atomic E-state index is 11.6. The molecule has 0 aromatic heterocycles. The summed E-state index contributed by atoms with van der Waals surface area (Å²) in [5.74, 6) is -0.212. The van der Waals surface area contributed by atoms with Crippen LogP contribution in [0.25, 0.3) is 0 Å². The highest BCUT2D eigenvalue weighted by atomic mass is 31.2. The van der Waals surface area contributed by atoms with Crippen LogP contribution in [0.15, 0.2) is 24.2 Å². The van der Waals surface area contributed by atoms with Crippen LogP contribution in [0.1, 0.15) is 6.42 Å². The van der Waals surface area contributed by atoms with Crippen LogP contribution in [0.3, 0.4) is 0 Å². The second kappa shape index (κ2) is 6.79. The number of hydrogen-bond acceptors (Lipinski definition) is 6. The third-order valence-electron chi connectivity index (χ3n) is 3.96. The summed E-state index contributed by atoms with van der Waals surface area (Å²) in [7, 11) is 0. The van der Waals surface area contributed by atoms with Crippen molar-refractivity contribution in [1.82, 2.24) is 10.2 Å². The van der Waals surface area contributed by atoms with Gasteiger partial charge in [-0.2, -0.15) is 0 Å². The van der Waals surface area contributed by atoms with Crippen molar-refractivity contribution in [2.75, 3.05) is 26.1 Å². The molecule has 0 aromatic rings. The zero-order valence-electron chi connectivity index (χ0n) is 13.5. The van der Waals surface area contributed by atoms with Crippen LogP contribution >= 0.6 is 6.89 Å². The van der Waals surface area contributed by atoms with E-state index in [2.05, 4.69) is 31.5 Å². The van der Waals surface area contributed by atoms with Gasteiger partial charge in [0.15, 0.2) is 6.23 Å². The van der Waals surface area contributed by atoms with Gasteiger partial charge in [0.25, 0.3) is 5.91 Å². The monoisotopic (exact) mass is 344 g/mol. The van der Waals surface area contributed by atoms with E-state index >= 15 is 0 Å². The molecule has 2 aliphatic rings. The van der Waals surface area contributed by atoms with Crippen molar-refractivity contribution in [2.24, 2.45) is 0 Å². The van der Waals surface area contributed by atoms with Crippen LogP contribution in [-0.4, -0.2) is 83.1 Å². The van der Waals surface area contributed by atoms with Crippen LogP contribution in [0, 0.1) is 0 Å². The van der Waals surface area contributed by atoms with Crippen LogP contribution in [0.2, 0.25) is 0 Å². The molecule has 4 atom stereocenters. The van der Waals surface area contributed by atoms with E-state index in [0.29, 0.717) is 6.42 Å². The zero-order valence-corrected chi connectivity index (χ0v) is 14.4. The number of nitrogens with zero attached hydrogens (tertiary/aromatic N) is 1. The molecule has 2 rings (SSSR count). The Hall–Kier alpha value is -1.11. The highest BCUT2D eigenvalue weighted by Gasteiger charge is 2.46. The Balaban J connectivity index is 2.14. The number of hydrogen-bond donors (Lipinski definition) is 4. The summed E-state index contributed by atoms with van der Waals surface area (Å²) in [5, 5.41) is 32.2. The standard InChI is InChI=1S/C15H25N2O5P/c1-9-16-14(21)10(8-18)7-17(9)15-13(20)12(19)11(22-15)5-6-23(2,3)4/h7,11-13,15,18-20H,1-2,5-6,8H2,3-4H3,(H,16,21)/t11-,12-,13?,15-/m1/s1. The molecular weight excluding hydrogens is 319 g/mol. The molecule has 0 spiro atoms. The van der Waals surface area contributed by atoms with Crippen LogP contribution < -0.4 is 5.32 Å². The summed E-state index contributed by atoms with van der Waals surface area (Å²) < 4.78 is 5.80. The molecule has 1 saturated heterocycles. The Labute approximate surface area is 136 Å². The van der Waals surface area contributed by atoms with Gasteiger partial charge in [-0.05, 0) is 25.9 Å². The van der Waals surface area contributed by atoms with Gasteiger partial charge in [0.05, 0.1) is 18.3 Å². The van der Waals surface area contributed by atoms with E-state index in [-0.39, 0.29) is 11.4 Å². The summed E-state index contributed by atoms with van der Waals surface area (Å²) >= 11 is 0. The first kappa shape index (κ1) is 18.2. The average molecular weight is 344 g/mol. The molecule has 1 fully saturated rings. The first-order valence-corrected chi connectivity index (χ1v) is 10.5. The van der Waals surface area contributed by atoms with Gasteiger partial charge in [-0.1, -0.05) is 6.58 Å². The number of carbonyl (C=O) groups excluding carboxylic acids is 1. The van der Waals surface area contributed by atoms with E-state index in [1.54, 1.807) is 0 Å². The molecule has 2 aliphatic heterocycles. The van der Waals surface area contributed by atoms with E-state index in [0.717, 1.165) is 6.16 Å². The van der Waals surface area contributed by atoms with E-state index in [1.165, 1.54) is 11.1 Å². The molecular formula is C15H25N2O5P. The van der Waals surface area contributed by atoms with Crippen LogP contribution in [0.5, 0.6) is 0 Å². The van der Waals surface area contributed by atoms with E-state index in [4.69, 9.17) is 4.74 Å². The molecule has 0 aromatic carbocycles. The van der Waals surface area contributed by atoms with Gasteiger partial charge in [-0.25, -0.2) is 0 Å². The third kappa shape index (κ3) is 4.05. The van der Waals surface area contributed by atoms with Crippen molar-refractivity contribution in [3.63, 3.8) is 0 Å². The SMILES string of the molecule is C=C1NC(=O)C(CO)=CN1[C@@H]1O[C@H](CCP(=C)(C)C)[C@@H](O)C1O. The van der Waals surface area contributed by atoms with Gasteiger partial charge in [-0.15, -0.1) is 13.2 Å². The predicted octanol–water partition coefficient (Wildman–Crippen LogP) is -0.688. The quantitative estimate of drug-likeness (QED) is 0.493. The molecule has 23 heavy (non-hydrogen) atoms. The maximum Gasteiger partial charge on any atom is 0.256 e. The number of ether oxygens (including phenoxy) is 1. The lowest BCUT2D eigenvalue weighted by Gasteiger charge is -2.34. The minimum absolute atomic E-state index is 0.135. The number of aliphatic hydroxyl groups is 3. The molecule has 4 N–H and O–H groups in total. The highest BCUT2D eigenvalue weighted by Crippen LogP contribution is 2.38. The van der Waals surface area contributed by atoms with Crippen molar-refractivity contribution < 1.29 is 24.9 Å². The summed E-state index contributed by atoms with van der Waals surface area (Å²) in [6, 6.07) is 0. The first-order chi connectivity index (χ1) is 10.6. The van der Waals surface area contributed by atoms with Crippen molar-refractivity contribution in [3.05, 3.63) is 24.2 Å². The predicted molar refractivity (Wildman–Crippen MR) is 90.3 cm³/mol. The average Bonchev–Trinajstić information content (AvgIpc) is 2.73. The van der Waals surface area contributed by atoms with Gasteiger partial charge in [-0.3, -0.25) is 4.79 Å². The largest absolute Gasteiger partial charge is 0.391 e. The lowest BCUT2D eigenvalue weighted by Crippen LogP contribution is -2.48. The molecule has 0 bridgehead atoms. The van der Waals surface area contributed by atoms with E-state index < -0.39 is 43.9 Å². The van der Waals surface area contributed by atoms with Crippen LogP contribution in [-0.2, 0) is 9.53 Å². The number of rotatable bonds is 5. The summed E-state index contributed by atoms with van der Waals surface area (Å²) in [4.78, 5) is 13.1. The van der Waals surface area contributed by atoms with E-state index in [9.17, 15) is 20.1 Å². The summed E-state index contributed by atoms with van der Waals surface area (Å²) in [5.41, 5.74) is 0.135. The smallest absolute Gasteiger partial charge is 0.256 e. The minimum atomic E-state index is -1.26. The molecule has 8 heteroatoms. The Morgan fingerprint density at radius 2 is 2.04 bits per heavy atom. The van der Waals surface area contributed by atoms with Crippen molar-refractivity contribution in [1.29, 1.82) is 0 Å². The molecule has 1 amide bonds. The number of aliphatic hydroxyl groups excluding tert-OH is 3. The maximum atomic E-state index is 11.6. The Morgan fingerprint density at radius 1 is 1.39 bits per heavy atom. The summed E-state index contributed by atoms with van der Waals surface area (Å²) in [6.45, 7) is 6.22. The molecule has 1 unspecified atom stereocenters. The van der Waals surface area contributed by atoms with Crippen LogP contribution in [0.4, 0.5) is 0 Å². The Kier molecular flexibility index (Phi) is 5.38. The van der Waals surface area contributed by atoms with Gasteiger partial charge >= 0.3 is 0 Å². The molecule has 2 heterocycles. The minimum Gasteiger partial charge on any atom is -0.391 e. The number of amides is 1. The van der Waals surface area contributed by atoms with E-state index in [1.807, 2.05) is 0 Å². The van der Waals surface area contributed by atoms with Crippen molar-refractivity contribution >= 4 is 19.1 Å². The third-order valence-corrected chi connectivity index (χ3v) is 5.43.